The van der Waals surface area contributed by atoms with Gasteiger partial charge in [-0.25, -0.2) is 4.79 Å². The van der Waals surface area contributed by atoms with E-state index < -0.39 is 5.97 Å². The Bertz CT molecular complexity index is 605. The molecule has 0 unspecified atom stereocenters. The molecule has 2 aromatic rings. The Hall–Kier alpha value is -2.22. The smallest absolute Gasteiger partial charge is 0.338 e. The van der Waals surface area contributed by atoms with Gasteiger partial charge in [-0.3, -0.25) is 4.79 Å². The molecule has 0 saturated carbocycles. The Labute approximate surface area is 112 Å². The number of rotatable bonds is 5. The van der Waals surface area contributed by atoms with Gasteiger partial charge >= 0.3 is 5.97 Å². The van der Waals surface area contributed by atoms with Gasteiger partial charge in [0.1, 0.15) is 5.00 Å². The molecule has 0 aliphatic heterocycles. The predicted octanol–water partition coefficient (Wildman–Crippen LogP) is 1.71. The molecule has 1 amide bonds. The summed E-state index contributed by atoms with van der Waals surface area (Å²) in [5.41, 5.74) is 0.0898. The summed E-state index contributed by atoms with van der Waals surface area (Å²) < 4.78 is 4.88. The molecule has 2 aromatic heterocycles. The molecule has 0 spiro atoms. The maximum absolute atomic E-state index is 11.7. The number of hydrogen-bond donors (Lipinski definition) is 2. The summed E-state index contributed by atoms with van der Waals surface area (Å²) in [6.07, 6.45) is 0.471. The first-order chi connectivity index (χ1) is 9.06. The van der Waals surface area contributed by atoms with Crippen molar-refractivity contribution in [3.05, 3.63) is 28.7 Å². The summed E-state index contributed by atoms with van der Waals surface area (Å²) >= 11 is 1.17. The van der Waals surface area contributed by atoms with E-state index >= 15 is 0 Å². The third-order valence-electron chi connectivity index (χ3n) is 2.28. The normalized spacial score (nSPS) is 10.4. The summed E-state index contributed by atoms with van der Waals surface area (Å²) in [5.74, 6) is -0.455. The van der Waals surface area contributed by atoms with Crippen LogP contribution < -0.4 is 5.32 Å². The zero-order chi connectivity index (χ0) is 13.8. The minimum absolute atomic E-state index is 0.0898. The number of carboxylic acids is 1. The zero-order valence-corrected chi connectivity index (χ0v) is 10.9. The van der Waals surface area contributed by atoms with Crippen molar-refractivity contribution in [1.82, 2.24) is 10.1 Å². The lowest BCUT2D eigenvalue weighted by molar-refractivity contribution is -0.116. The lowest BCUT2D eigenvalue weighted by Gasteiger charge is -2.02. The molecule has 100 valence electrons. The number of hydrogen-bond acceptors (Lipinski definition) is 6. The number of thiophene rings is 1. The van der Waals surface area contributed by atoms with Gasteiger partial charge in [-0.05, 0) is 18.4 Å². The van der Waals surface area contributed by atoms with Crippen molar-refractivity contribution >= 4 is 28.2 Å². The van der Waals surface area contributed by atoms with Crippen LogP contribution in [0.25, 0.3) is 0 Å². The van der Waals surface area contributed by atoms with Crippen LogP contribution in [-0.2, 0) is 11.2 Å². The number of aromatic carboxylic acids is 1. The summed E-state index contributed by atoms with van der Waals surface area (Å²) in [7, 11) is 0. The van der Waals surface area contributed by atoms with Crippen LogP contribution >= 0.6 is 11.3 Å². The first-order valence-electron chi connectivity index (χ1n) is 5.46. The molecule has 0 bridgehead atoms. The van der Waals surface area contributed by atoms with Crippen molar-refractivity contribution in [3.8, 4) is 0 Å². The van der Waals surface area contributed by atoms with E-state index in [0.717, 1.165) is 0 Å². The van der Waals surface area contributed by atoms with Crippen LogP contribution in [-0.4, -0.2) is 27.1 Å². The van der Waals surface area contributed by atoms with Crippen LogP contribution in [0.5, 0.6) is 0 Å². The van der Waals surface area contributed by atoms with Gasteiger partial charge in [0.25, 0.3) is 0 Å². The van der Waals surface area contributed by atoms with Crippen molar-refractivity contribution in [2.75, 3.05) is 5.32 Å². The van der Waals surface area contributed by atoms with E-state index in [0.29, 0.717) is 23.1 Å². The van der Waals surface area contributed by atoms with E-state index in [-0.39, 0.29) is 17.9 Å². The molecule has 2 rings (SSSR count). The molecule has 7 nitrogen and oxygen atoms in total. The molecule has 0 aliphatic rings. The number of nitrogens with one attached hydrogen (secondary N) is 1. The van der Waals surface area contributed by atoms with Crippen molar-refractivity contribution < 1.29 is 19.2 Å². The summed E-state index contributed by atoms with van der Waals surface area (Å²) in [6.45, 7) is 1.69. The number of anilines is 1. The SMILES string of the molecule is Cc1noc(CCC(=O)Nc2sccc2C(=O)O)n1. The maximum Gasteiger partial charge on any atom is 0.338 e. The number of aromatic nitrogens is 2. The van der Waals surface area contributed by atoms with Gasteiger partial charge in [0.05, 0.1) is 5.56 Å². The zero-order valence-electron chi connectivity index (χ0n) is 10.0. The van der Waals surface area contributed by atoms with E-state index in [9.17, 15) is 9.59 Å². The van der Waals surface area contributed by atoms with Gasteiger partial charge < -0.3 is 14.9 Å². The standard InChI is InChI=1S/C11H11N3O4S/c1-6-12-9(18-14-6)3-2-8(15)13-10-7(11(16)17)4-5-19-10/h4-5H,2-3H2,1H3,(H,13,15)(H,16,17). The second-order valence-electron chi connectivity index (χ2n) is 3.75. The summed E-state index contributed by atoms with van der Waals surface area (Å²) in [6, 6.07) is 1.45. The highest BCUT2D eigenvalue weighted by molar-refractivity contribution is 7.14. The molecule has 0 aliphatic carbocycles. The van der Waals surface area contributed by atoms with Crippen LogP contribution in [0.15, 0.2) is 16.0 Å². The van der Waals surface area contributed by atoms with E-state index in [1.165, 1.54) is 17.4 Å². The molecular weight excluding hydrogens is 270 g/mol. The number of carbonyl (C=O) groups excluding carboxylic acids is 1. The van der Waals surface area contributed by atoms with Crippen LogP contribution in [0.1, 0.15) is 28.5 Å². The van der Waals surface area contributed by atoms with Gasteiger partial charge in [-0.2, -0.15) is 4.98 Å². The molecule has 2 heterocycles. The fourth-order valence-electron chi connectivity index (χ4n) is 1.43. The molecule has 0 saturated heterocycles. The predicted molar refractivity (Wildman–Crippen MR) is 67.3 cm³/mol. The van der Waals surface area contributed by atoms with Gasteiger partial charge in [0.15, 0.2) is 5.82 Å². The molecule has 0 aromatic carbocycles. The first kappa shape index (κ1) is 13.2. The van der Waals surface area contributed by atoms with Crippen molar-refractivity contribution in [2.45, 2.75) is 19.8 Å². The Balaban J connectivity index is 1.90. The third kappa shape index (κ3) is 3.38. The number of aryl methyl sites for hydroxylation is 2. The van der Waals surface area contributed by atoms with Gasteiger partial charge in [0.2, 0.25) is 11.8 Å². The van der Waals surface area contributed by atoms with E-state index in [2.05, 4.69) is 15.5 Å². The molecule has 0 radical (unpaired) electrons. The van der Waals surface area contributed by atoms with Gasteiger partial charge in [-0.1, -0.05) is 5.16 Å². The van der Waals surface area contributed by atoms with Crippen LogP contribution in [0, 0.1) is 6.92 Å². The largest absolute Gasteiger partial charge is 0.478 e. The van der Waals surface area contributed by atoms with E-state index in [1.54, 1.807) is 12.3 Å². The fraction of sp³-hybridized carbons (Fsp3) is 0.273. The van der Waals surface area contributed by atoms with Crippen LogP contribution in [0.4, 0.5) is 5.00 Å². The van der Waals surface area contributed by atoms with E-state index in [4.69, 9.17) is 9.63 Å². The maximum atomic E-state index is 11.7. The Morgan fingerprint density at radius 2 is 2.32 bits per heavy atom. The first-order valence-corrected chi connectivity index (χ1v) is 6.34. The molecule has 19 heavy (non-hydrogen) atoms. The average Bonchev–Trinajstić information content (AvgIpc) is 2.95. The van der Waals surface area contributed by atoms with Crippen molar-refractivity contribution in [3.63, 3.8) is 0 Å². The molecular formula is C11H11N3O4S. The highest BCUT2D eigenvalue weighted by atomic mass is 32.1. The second kappa shape index (κ2) is 5.61. The lowest BCUT2D eigenvalue weighted by atomic mass is 10.3. The molecule has 8 heteroatoms. The van der Waals surface area contributed by atoms with Crippen molar-refractivity contribution in [1.29, 1.82) is 0 Å². The highest BCUT2D eigenvalue weighted by Gasteiger charge is 2.14. The van der Waals surface area contributed by atoms with Gasteiger partial charge in [-0.15, -0.1) is 11.3 Å². The quantitative estimate of drug-likeness (QED) is 0.864. The van der Waals surface area contributed by atoms with E-state index in [1.807, 2.05) is 0 Å². The number of carbonyl (C=O) groups is 2. The Kier molecular flexibility index (Phi) is 3.91. The number of amides is 1. The summed E-state index contributed by atoms with van der Waals surface area (Å²) in [4.78, 5) is 26.5. The van der Waals surface area contributed by atoms with Crippen molar-refractivity contribution in [2.24, 2.45) is 0 Å². The number of carboxylic acid groups (broad SMARTS) is 1. The minimum Gasteiger partial charge on any atom is -0.478 e. The monoisotopic (exact) mass is 281 g/mol. The van der Waals surface area contributed by atoms with Crippen LogP contribution in [0.3, 0.4) is 0 Å². The number of nitrogens with zero attached hydrogens (tertiary/aromatic N) is 2. The minimum atomic E-state index is -1.07. The lowest BCUT2D eigenvalue weighted by Crippen LogP contribution is -2.13. The summed E-state index contributed by atoms with van der Waals surface area (Å²) in [5, 5.41) is 17.0. The topological polar surface area (TPSA) is 105 Å². The third-order valence-corrected chi connectivity index (χ3v) is 3.11. The Morgan fingerprint density at radius 3 is 2.95 bits per heavy atom. The molecule has 2 N–H and O–H groups in total. The second-order valence-corrected chi connectivity index (χ2v) is 4.67. The molecule has 0 atom stereocenters. The molecule has 0 fully saturated rings. The average molecular weight is 281 g/mol. The van der Waals surface area contributed by atoms with Gasteiger partial charge in [0, 0.05) is 12.8 Å². The Morgan fingerprint density at radius 1 is 1.53 bits per heavy atom. The highest BCUT2D eigenvalue weighted by Crippen LogP contribution is 2.23. The van der Waals surface area contributed by atoms with Crippen LogP contribution in [0.2, 0.25) is 0 Å². The fourth-order valence-corrected chi connectivity index (χ4v) is 2.22.